The fourth-order valence-corrected chi connectivity index (χ4v) is 2.40. The van der Waals surface area contributed by atoms with Crippen molar-refractivity contribution in [2.75, 3.05) is 19.6 Å². The Morgan fingerprint density at radius 3 is 2.53 bits per heavy atom. The van der Waals surface area contributed by atoms with Crippen LogP contribution in [0.2, 0.25) is 0 Å². The van der Waals surface area contributed by atoms with Crippen molar-refractivity contribution in [2.24, 2.45) is 5.73 Å². The first kappa shape index (κ1) is 14.5. The van der Waals surface area contributed by atoms with E-state index in [4.69, 9.17) is 10.8 Å². The summed E-state index contributed by atoms with van der Waals surface area (Å²) in [7, 11) is 0. The molecule has 17 heavy (non-hydrogen) atoms. The van der Waals surface area contributed by atoms with Crippen molar-refractivity contribution in [1.82, 2.24) is 4.90 Å². The van der Waals surface area contributed by atoms with Crippen LogP contribution in [0.3, 0.4) is 0 Å². The van der Waals surface area contributed by atoms with Crippen LogP contribution >= 0.6 is 0 Å². The van der Waals surface area contributed by atoms with Gasteiger partial charge in [0.1, 0.15) is 5.54 Å². The molecule has 0 aromatic heterocycles. The normalized spacial score (nSPS) is 25.3. The van der Waals surface area contributed by atoms with E-state index in [9.17, 15) is 4.79 Å². The largest absolute Gasteiger partial charge is 0.480 e. The minimum atomic E-state index is -0.998. The number of nitrogens with zero attached hydrogens (tertiary/aromatic N) is 1. The van der Waals surface area contributed by atoms with Crippen LogP contribution in [0.5, 0.6) is 0 Å². The van der Waals surface area contributed by atoms with Gasteiger partial charge in [-0.05, 0) is 19.4 Å². The van der Waals surface area contributed by atoms with E-state index in [2.05, 4.69) is 11.8 Å². The molecule has 0 radical (unpaired) electrons. The Bertz CT molecular complexity index is 246. The molecular formula is C13H26N2O2. The van der Waals surface area contributed by atoms with E-state index < -0.39 is 11.5 Å². The molecule has 0 bridgehead atoms. The number of hydrogen-bond acceptors (Lipinski definition) is 3. The molecule has 1 unspecified atom stereocenters. The fourth-order valence-electron chi connectivity index (χ4n) is 2.40. The average molecular weight is 242 g/mol. The number of carboxylic acids is 1. The second kappa shape index (κ2) is 6.97. The Labute approximate surface area is 104 Å². The Kier molecular flexibility index (Phi) is 5.92. The topological polar surface area (TPSA) is 66.6 Å². The maximum Gasteiger partial charge on any atom is 0.325 e. The number of likely N-dealkylation sites (tertiary alicyclic amines) is 1. The lowest BCUT2D eigenvalue weighted by molar-refractivity contribution is -0.142. The molecule has 100 valence electrons. The number of carboxylic acid groups (broad SMARTS) is 1. The summed E-state index contributed by atoms with van der Waals surface area (Å²) in [6.45, 7) is 4.56. The third-order valence-corrected chi connectivity index (χ3v) is 3.63. The minimum absolute atomic E-state index is 0.511. The van der Waals surface area contributed by atoms with Gasteiger partial charge >= 0.3 is 5.97 Å². The van der Waals surface area contributed by atoms with E-state index in [-0.39, 0.29) is 0 Å². The number of unbranched alkanes of at least 4 members (excludes halogenated alkanes) is 5. The SMILES string of the molecule is CCCCCCCCN1CCC(N)(C(=O)O)C1. The summed E-state index contributed by atoms with van der Waals surface area (Å²) in [6, 6.07) is 0. The Morgan fingerprint density at radius 1 is 1.29 bits per heavy atom. The zero-order valence-corrected chi connectivity index (χ0v) is 11.0. The molecule has 1 aliphatic rings. The van der Waals surface area contributed by atoms with E-state index >= 15 is 0 Å². The van der Waals surface area contributed by atoms with Gasteiger partial charge in [0.25, 0.3) is 0 Å². The molecule has 1 aliphatic heterocycles. The molecule has 0 aliphatic carbocycles. The van der Waals surface area contributed by atoms with Gasteiger partial charge in [-0.15, -0.1) is 0 Å². The molecule has 0 aromatic rings. The summed E-state index contributed by atoms with van der Waals surface area (Å²) < 4.78 is 0. The fraction of sp³-hybridized carbons (Fsp3) is 0.923. The molecule has 4 nitrogen and oxygen atoms in total. The number of nitrogens with two attached hydrogens (primary N) is 1. The Morgan fingerprint density at radius 2 is 1.94 bits per heavy atom. The van der Waals surface area contributed by atoms with Crippen molar-refractivity contribution in [3.8, 4) is 0 Å². The number of hydrogen-bond donors (Lipinski definition) is 2. The van der Waals surface area contributed by atoms with Crippen molar-refractivity contribution in [3.05, 3.63) is 0 Å². The molecule has 0 amide bonds. The van der Waals surface area contributed by atoms with Crippen LogP contribution in [0.25, 0.3) is 0 Å². The zero-order valence-electron chi connectivity index (χ0n) is 11.0. The van der Waals surface area contributed by atoms with E-state index in [0.717, 1.165) is 13.1 Å². The van der Waals surface area contributed by atoms with Crippen molar-refractivity contribution in [2.45, 2.75) is 57.4 Å². The first-order chi connectivity index (χ1) is 8.08. The van der Waals surface area contributed by atoms with Crippen LogP contribution in [0.1, 0.15) is 51.9 Å². The second-order valence-electron chi connectivity index (χ2n) is 5.26. The predicted octanol–water partition coefficient (Wildman–Crippen LogP) is 1.83. The molecule has 1 rings (SSSR count). The Balaban J connectivity index is 2.08. The highest BCUT2D eigenvalue weighted by molar-refractivity contribution is 5.79. The molecule has 0 saturated carbocycles. The zero-order chi connectivity index (χ0) is 12.7. The van der Waals surface area contributed by atoms with Crippen molar-refractivity contribution in [1.29, 1.82) is 0 Å². The maximum atomic E-state index is 11.0. The number of carbonyl (C=O) groups is 1. The van der Waals surface area contributed by atoms with Gasteiger partial charge < -0.3 is 15.7 Å². The lowest BCUT2D eigenvalue weighted by Crippen LogP contribution is -2.50. The lowest BCUT2D eigenvalue weighted by Gasteiger charge is -2.19. The molecule has 1 fully saturated rings. The van der Waals surface area contributed by atoms with Gasteiger partial charge in [-0.2, -0.15) is 0 Å². The monoisotopic (exact) mass is 242 g/mol. The van der Waals surface area contributed by atoms with Gasteiger partial charge in [-0.3, -0.25) is 4.79 Å². The Hall–Kier alpha value is -0.610. The van der Waals surface area contributed by atoms with Gasteiger partial charge in [-0.25, -0.2) is 0 Å². The van der Waals surface area contributed by atoms with Crippen LogP contribution in [0.15, 0.2) is 0 Å². The lowest BCUT2D eigenvalue weighted by atomic mass is 10.0. The van der Waals surface area contributed by atoms with Gasteiger partial charge in [0.2, 0.25) is 0 Å². The maximum absolute atomic E-state index is 11.0. The van der Waals surface area contributed by atoms with E-state index in [1.807, 2.05) is 0 Å². The summed E-state index contributed by atoms with van der Waals surface area (Å²) in [5.74, 6) is -0.858. The molecule has 1 atom stereocenters. The van der Waals surface area contributed by atoms with Crippen LogP contribution < -0.4 is 5.73 Å². The highest BCUT2D eigenvalue weighted by Crippen LogP contribution is 2.19. The molecule has 0 spiro atoms. The van der Waals surface area contributed by atoms with Crippen LogP contribution in [-0.2, 0) is 4.79 Å². The summed E-state index contributed by atoms with van der Waals surface area (Å²) in [5.41, 5.74) is 4.82. The number of rotatable bonds is 8. The van der Waals surface area contributed by atoms with Gasteiger partial charge in [0.15, 0.2) is 0 Å². The minimum Gasteiger partial charge on any atom is -0.480 e. The molecule has 0 aromatic carbocycles. The summed E-state index contributed by atoms with van der Waals surface area (Å²) in [6.07, 6.45) is 8.23. The molecule has 4 heteroatoms. The highest BCUT2D eigenvalue weighted by Gasteiger charge is 2.40. The highest BCUT2D eigenvalue weighted by atomic mass is 16.4. The third kappa shape index (κ3) is 4.64. The van der Waals surface area contributed by atoms with Crippen LogP contribution in [-0.4, -0.2) is 41.1 Å². The molecule has 1 heterocycles. The van der Waals surface area contributed by atoms with Gasteiger partial charge in [0, 0.05) is 13.1 Å². The summed E-state index contributed by atoms with van der Waals surface area (Å²) in [5, 5.41) is 9.01. The van der Waals surface area contributed by atoms with Gasteiger partial charge in [0.05, 0.1) is 0 Å². The number of aliphatic carboxylic acids is 1. The van der Waals surface area contributed by atoms with Crippen LogP contribution in [0.4, 0.5) is 0 Å². The van der Waals surface area contributed by atoms with Crippen molar-refractivity contribution < 1.29 is 9.90 Å². The first-order valence-corrected chi connectivity index (χ1v) is 6.83. The summed E-state index contributed by atoms with van der Waals surface area (Å²) >= 11 is 0. The van der Waals surface area contributed by atoms with E-state index in [1.165, 1.54) is 38.5 Å². The van der Waals surface area contributed by atoms with Crippen molar-refractivity contribution >= 4 is 5.97 Å². The van der Waals surface area contributed by atoms with E-state index in [0.29, 0.717) is 13.0 Å². The third-order valence-electron chi connectivity index (χ3n) is 3.63. The second-order valence-corrected chi connectivity index (χ2v) is 5.26. The molecular weight excluding hydrogens is 216 g/mol. The smallest absolute Gasteiger partial charge is 0.325 e. The molecule has 3 N–H and O–H groups in total. The summed E-state index contributed by atoms with van der Waals surface area (Å²) in [4.78, 5) is 13.2. The standard InChI is InChI=1S/C13H26N2O2/c1-2-3-4-5-6-7-9-15-10-8-13(14,11-15)12(16)17/h2-11,14H2,1H3,(H,16,17). The van der Waals surface area contributed by atoms with Crippen molar-refractivity contribution in [3.63, 3.8) is 0 Å². The average Bonchev–Trinajstić information content (AvgIpc) is 2.67. The quantitative estimate of drug-likeness (QED) is 0.637. The van der Waals surface area contributed by atoms with Crippen LogP contribution in [0, 0.1) is 0 Å². The first-order valence-electron chi connectivity index (χ1n) is 6.83. The van der Waals surface area contributed by atoms with E-state index in [1.54, 1.807) is 0 Å². The van der Waals surface area contributed by atoms with Gasteiger partial charge in [-0.1, -0.05) is 39.0 Å². The molecule has 1 saturated heterocycles. The predicted molar refractivity (Wildman–Crippen MR) is 69.0 cm³/mol.